The average Bonchev–Trinajstić information content (AvgIpc) is 3.37. The molecular weight excluding hydrogens is 404 g/mol. The molecule has 0 bridgehead atoms. The number of alkyl carbamates (subject to hydrolysis) is 1. The van der Waals surface area contributed by atoms with Crippen LogP contribution in [-0.2, 0) is 4.74 Å². The monoisotopic (exact) mass is 434 g/mol. The van der Waals surface area contributed by atoms with Crippen molar-refractivity contribution in [2.24, 2.45) is 0 Å². The molecule has 1 aromatic carbocycles. The highest BCUT2D eigenvalue weighted by Crippen LogP contribution is 2.33. The first kappa shape index (κ1) is 21.9. The topological polar surface area (TPSA) is 96.1 Å². The molecule has 3 heterocycles. The number of aromatic amines is 1. The molecule has 3 N–H and O–H groups in total. The van der Waals surface area contributed by atoms with Gasteiger partial charge in [-0.3, -0.25) is 4.79 Å². The fourth-order valence-electron chi connectivity index (χ4n) is 4.31. The van der Waals surface area contributed by atoms with Crippen LogP contribution in [0.1, 0.15) is 68.0 Å². The Morgan fingerprint density at radius 1 is 1.06 bits per heavy atom. The van der Waals surface area contributed by atoms with Gasteiger partial charge < -0.3 is 20.4 Å². The standard InChI is InChI=1S/C14H17N3O.C11H13NO2/c18-14(16-11-4-2-1-3-5-11)12-7-6-10-8-9-15-13(10)17-12;1-11(2)9(12-10(13)14-11)8-6-4-3-5-7-8/h6-9,11H,1-5H2,(H,15,17)(H,16,18);3-7,9H,1-2H3,(H,12,13)/t;9-/m.0/s1. The molecule has 1 saturated carbocycles. The Morgan fingerprint density at radius 3 is 2.50 bits per heavy atom. The summed E-state index contributed by atoms with van der Waals surface area (Å²) in [6.45, 7) is 3.81. The second kappa shape index (κ2) is 9.42. The number of fused-ring (bicyclic) bond motifs is 1. The highest BCUT2D eigenvalue weighted by atomic mass is 16.6. The van der Waals surface area contributed by atoms with Crippen molar-refractivity contribution in [3.05, 3.63) is 66.0 Å². The molecule has 2 amide bonds. The molecule has 0 spiro atoms. The van der Waals surface area contributed by atoms with Gasteiger partial charge in [0, 0.05) is 17.6 Å². The van der Waals surface area contributed by atoms with Gasteiger partial charge in [0.2, 0.25) is 0 Å². The first-order valence-electron chi connectivity index (χ1n) is 11.2. The van der Waals surface area contributed by atoms with Gasteiger partial charge >= 0.3 is 6.09 Å². The van der Waals surface area contributed by atoms with Gasteiger partial charge in [0.25, 0.3) is 5.91 Å². The van der Waals surface area contributed by atoms with E-state index in [1.165, 1.54) is 19.3 Å². The largest absolute Gasteiger partial charge is 0.441 e. The average molecular weight is 435 g/mol. The van der Waals surface area contributed by atoms with Crippen LogP contribution in [0.2, 0.25) is 0 Å². The molecule has 7 nitrogen and oxygen atoms in total. The van der Waals surface area contributed by atoms with Crippen LogP contribution in [0.3, 0.4) is 0 Å². The molecule has 0 radical (unpaired) electrons. The highest BCUT2D eigenvalue weighted by Gasteiger charge is 2.41. The number of H-pyrrole nitrogens is 1. The Bertz CT molecular complexity index is 1070. The third-order valence-corrected chi connectivity index (χ3v) is 6.03. The van der Waals surface area contributed by atoms with Gasteiger partial charge in [-0.2, -0.15) is 0 Å². The van der Waals surface area contributed by atoms with Crippen LogP contribution in [0.15, 0.2) is 54.7 Å². The number of hydrogen-bond acceptors (Lipinski definition) is 4. The molecule has 0 unspecified atom stereocenters. The first-order valence-corrected chi connectivity index (χ1v) is 11.2. The van der Waals surface area contributed by atoms with Crippen molar-refractivity contribution < 1.29 is 14.3 Å². The lowest BCUT2D eigenvalue weighted by molar-refractivity contribution is 0.0684. The Kier molecular flexibility index (Phi) is 6.44. The number of amides is 2. The molecule has 1 aliphatic carbocycles. The molecule has 3 aromatic rings. The van der Waals surface area contributed by atoms with Crippen LogP contribution in [0.5, 0.6) is 0 Å². The summed E-state index contributed by atoms with van der Waals surface area (Å²) in [5.74, 6) is -0.0570. The fourth-order valence-corrected chi connectivity index (χ4v) is 4.31. The zero-order valence-corrected chi connectivity index (χ0v) is 18.6. The fraction of sp³-hybridized carbons (Fsp3) is 0.400. The number of rotatable bonds is 3. The minimum atomic E-state index is -0.474. The normalized spacial score (nSPS) is 20.1. The van der Waals surface area contributed by atoms with E-state index in [0.29, 0.717) is 11.7 Å². The van der Waals surface area contributed by atoms with E-state index in [-0.39, 0.29) is 18.0 Å². The third kappa shape index (κ3) is 5.10. The summed E-state index contributed by atoms with van der Waals surface area (Å²) < 4.78 is 5.17. The van der Waals surface area contributed by atoms with Crippen molar-refractivity contribution in [1.82, 2.24) is 20.6 Å². The number of pyridine rings is 1. The lowest BCUT2D eigenvalue weighted by Gasteiger charge is -2.23. The Balaban J connectivity index is 0.000000158. The van der Waals surface area contributed by atoms with E-state index in [1.54, 1.807) is 6.07 Å². The molecule has 7 heteroatoms. The maximum Gasteiger partial charge on any atom is 0.408 e. The van der Waals surface area contributed by atoms with Crippen molar-refractivity contribution in [2.75, 3.05) is 0 Å². The van der Waals surface area contributed by atoms with E-state index in [2.05, 4.69) is 20.6 Å². The summed E-state index contributed by atoms with van der Waals surface area (Å²) in [5.41, 5.74) is 1.86. The highest BCUT2D eigenvalue weighted by molar-refractivity contribution is 5.94. The van der Waals surface area contributed by atoms with Crippen LogP contribution in [-0.4, -0.2) is 33.6 Å². The smallest absolute Gasteiger partial charge is 0.408 e. The zero-order valence-electron chi connectivity index (χ0n) is 18.6. The van der Waals surface area contributed by atoms with Crippen LogP contribution < -0.4 is 10.6 Å². The maximum absolute atomic E-state index is 12.1. The predicted molar refractivity (Wildman–Crippen MR) is 123 cm³/mol. The van der Waals surface area contributed by atoms with Crippen molar-refractivity contribution in [3.63, 3.8) is 0 Å². The molecule has 5 rings (SSSR count). The van der Waals surface area contributed by atoms with Gasteiger partial charge in [-0.15, -0.1) is 0 Å². The number of aromatic nitrogens is 2. The molecule has 168 valence electrons. The van der Waals surface area contributed by atoms with Gasteiger partial charge in [-0.05, 0) is 50.5 Å². The maximum atomic E-state index is 12.1. The Morgan fingerprint density at radius 2 is 1.81 bits per heavy atom. The Hall–Kier alpha value is -3.35. The molecule has 1 saturated heterocycles. The van der Waals surface area contributed by atoms with Gasteiger partial charge in [-0.1, -0.05) is 49.6 Å². The van der Waals surface area contributed by atoms with E-state index < -0.39 is 5.60 Å². The molecule has 1 aliphatic heterocycles. The van der Waals surface area contributed by atoms with Gasteiger partial charge in [0.05, 0.1) is 6.04 Å². The third-order valence-electron chi connectivity index (χ3n) is 6.03. The van der Waals surface area contributed by atoms with Crippen LogP contribution in [0.25, 0.3) is 11.0 Å². The van der Waals surface area contributed by atoms with Crippen molar-refractivity contribution in [2.45, 2.75) is 63.6 Å². The summed E-state index contributed by atoms with van der Waals surface area (Å²) >= 11 is 0. The van der Waals surface area contributed by atoms with Crippen molar-refractivity contribution in [1.29, 1.82) is 0 Å². The first-order chi connectivity index (χ1) is 15.4. The summed E-state index contributed by atoms with van der Waals surface area (Å²) in [4.78, 5) is 30.6. The van der Waals surface area contributed by atoms with Crippen LogP contribution in [0, 0.1) is 0 Å². The number of hydrogen-bond donors (Lipinski definition) is 3. The minimum Gasteiger partial charge on any atom is -0.441 e. The minimum absolute atomic E-state index is 0.0570. The predicted octanol–water partition coefficient (Wildman–Crippen LogP) is 4.87. The number of nitrogens with zero attached hydrogens (tertiary/aromatic N) is 1. The Labute approximate surface area is 188 Å². The number of ether oxygens (including phenoxy) is 1. The molecule has 2 aliphatic rings. The van der Waals surface area contributed by atoms with Crippen molar-refractivity contribution >= 4 is 23.0 Å². The zero-order chi connectivity index (χ0) is 22.6. The summed E-state index contributed by atoms with van der Waals surface area (Å²) in [6, 6.07) is 15.8. The number of nitrogens with one attached hydrogen (secondary N) is 3. The van der Waals surface area contributed by atoms with E-state index >= 15 is 0 Å². The van der Waals surface area contributed by atoms with Crippen LogP contribution in [0.4, 0.5) is 4.79 Å². The summed E-state index contributed by atoms with van der Waals surface area (Å²) in [5, 5.41) is 6.91. The van der Waals surface area contributed by atoms with Crippen LogP contribution >= 0.6 is 0 Å². The van der Waals surface area contributed by atoms with Gasteiger partial charge in [0.1, 0.15) is 16.9 Å². The van der Waals surface area contributed by atoms with Crippen molar-refractivity contribution in [3.8, 4) is 0 Å². The van der Waals surface area contributed by atoms with Gasteiger partial charge in [-0.25, -0.2) is 9.78 Å². The second-order valence-corrected chi connectivity index (χ2v) is 8.90. The second-order valence-electron chi connectivity index (χ2n) is 8.90. The molecule has 32 heavy (non-hydrogen) atoms. The van der Waals surface area contributed by atoms with E-state index in [9.17, 15) is 9.59 Å². The quantitative estimate of drug-likeness (QED) is 0.548. The van der Waals surface area contributed by atoms with E-state index in [1.807, 2.05) is 62.5 Å². The van der Waals surface area contributed by atoms with Gasteiger partial charge in [0.15, 0.2) is 0 Å². The number of cyclic esters (lactones) is 1. The van der Waals surface area contributed by atoms with E-state index in [0.717, 1.165) is 29.4 Å². The number of benzene rings is 1. The molecule has 2 fully saturated rings. The number of carbonyl (C=O) groups excluding carboxylic acids is 2. The lowest BCUT2D eigenvalue weighted by Crippen LogP contribution is -2.36. The SMILES string of the molecule is CC1(C)OC(=O)N[C@H]1c1ccccc1.O=C(NC1CCCCC1)c1ccc2cc[nH]c2n1. The molecular formula is C25H30N4O3. The number of carbonyl (C=O) groups is 2. The van der Waals surface area contributed by atoms with E-state index in [4.69, 9.17) is 4.74 Å². The summed E-state index contributed by atoms with van der Waals surface area (Å²) in [7, 11) is 0. The molecule has 1 atom stereocenters. The lowest BCUT2D eigenvalue weighted by atomic mass is 9.93. The summed E-state index contributed by atoms with van der Waals surface area (Å²) in [6.07, 6.45) is 7.40. The molecule has 2 aromatic heterocycles.